The molecule has 1 aliphatic carbocycles. The molecule has 5 heteroatoms. The summed E-state index contributed by atoms with van der Waals surface area (Å²) in [5.74, 6) is -0.144. The fourth-order valence-corrected chi connectivity index (χ4v) is 6.17. The minimum atomic E-state index is -3.48. The minimum Gasteiger partial charge on any atom is -0.384 e. The minimum absolute atomic E-state index is 0.144. The Morgan fingerprint density at radius 2 is 1.71 bits per heavy atom. The van der Waals surface area contributed by atoms with Gasteiger partial charge >= 0.3 is 0 Å². The molecule has 0 aliphatic heterocycles. The van der Waals surface area contributed by atoms with Crippen LogP contribution >= 0.6 is 0 Å². The zero-order valence-corrected chi connectivity index (χ0v) is 14.8. The van der Waals surface area contributed by atoms with Crippen molar-refractivity contribution in [1.29, 1.82) is 0 Å². The second kappa shape index (κ2) is 6.31. The average molecular weight is 345 g/mol. The van der Waals surface area contributed by atoms with Gasteiger partial charge in [0, 0.05) is 25.0 Å². The van der Waals surface area contributed by atoms with Gasteiger partial charge in [-0.25, -0.2) is 8.42 Å². The van der Waals surface area contributed by atoms with E-state index < -0.39 is 20.5 Å². The van der Waals surface area contributed by atoms with Crippen LogP contribution in [-0.2, 0) is 14.6 Å². The van der Waals surface area contributed by atoms with Gasteiger partial charge in [-0.2, -0.15) is 0 Å². The van der Waals surface area contributed by atoms with Crippen LogP contribution in [0.25, 0.3) is 0 Å². The van der Waals surface area contributed by atoms with Crippen LogP contribution in [0.3, 0.4) is 0 Å². The highest BCUT2D eigenvalue weighted by Crippen LogP contribution is 2.63. The van der Waals surface area contributed by atoms with Gasteiger partial charge in [0.25, 0.3) is 0 Å². The first-order valence-corrected chi connectivity index (χ1v) is 9.56. The third-order valence-electron chi connectivity index (χ3n) is 5.02. The molecule has 3 atom stereocenters. The molecule has 2 aromatic rings. The monoisotopic (exact) mass is 345 g/mol. The summed E-state index contributed by atoms with van der Waals surface area (Å²) in [7, 11) is -1.89. The van der Waals surface area contributed by atoms with Crippen molar-refractivity contribution in [3.8, 4) is 0 Å². The lowest BCUT2D eigenvalue weighted by atomic mass is 10.0. The quantitative estimate of drug-likeness (QED) is 0.873. The predicted octanol–water partition coefficient (Wildman–Crippen LogP) is 2.53. The van der Waals surface area contributed by atoms with E-state index in [0.717, 1.165) is 11.1 Å². The molecule has 1 fully saturated rings. The highest BCUT2D eigenvalue weighted by atomic mass is 32.2. The molecule has 2 aromatic carbocycles. The average Bonchev–Trinajstić information content (AvgIpc) is 3.26. The number of sulfone groups is 1. The summed E-state index contributed by atoms with van der Waals surface area (Å²) in [5.41, 5.74) is 7.49. The maximum atomic E-state index is 13.2. The van der Waals surface area contributed by atoms with E-state index in [2.05, 4.69) is 0 Å². The number of rotatable bonds is 6. The molecule has 0 radical (unpaired) electrons. The van der Waals surface area contributed by atoms with Crippen LogP contribution in [0.2, 0.25) is 0 Å². The van der Waals surface area contributed by atoms with Gasteiger partial charge in [0.05, 0.1) is 16.8 Å². The molecule has 0 spiro atoms. The Bertz CT molecular complexity index is 802. The molecule has 0 saturated heterocycles. The molecule has 2 N–H and O–H groups in total. The van der Waals surface area contributed by atoms with E-state index in [1.165, 1.54) is 0 Å². The van der Waals surface area contributed by atoms with Crippen molar-refractivity contribution in [2.75, 3.05) is 20.3 Å². The van der Waals surface area contributed by atoms with Crippen molar-refractivity contribution in [1.82, 2.24) is 0 Å². The summed E-state index contributed by atoms with van der Waals surface area (Å²) in [6.45, 7) is 2.55. The smallest absolute Gasteiger partial charge is 0.182 e. The van der Waals surface area contributed by atoms with Gasteiger partial charge < -0.3 is 10.5 Å². The van der Waals surface area contributed by atoms with Crippen LogP contribution in [0.5, 0.6) is 0 Å². The number of hydrogen-bond acceptors (Lipinski definition) is 4. The summed E-state index contributed by atoms with van der Waals surface area (Å²) in [4.78, 5) is 0.352. The van der Waals surface area contributed by atoms with Crippen molar-refractivity contribution in [2.24, 2.45) is 11.1 Å². The van der Waals surface area contributed by atoms with Gasteiger partial charge in [0.1, 0.15) is 0 Å². The molecule has 1 saturated carbocycles. The fourth-order valence-electron chi connectivity index (χ4n) is 3.73. The van der Waals surface area contributed by atoms with E-state index in [1.54, 1.807) is 19.2 Å². The van der Waals surface area contributed by atoms with Crippen LogP contribution < -0.4 is 5.73 Å². The Hall–Kier alpha value is -1.69. The normalized spacial score (nSPS) is 26.3. The molecular weight excluding hydrogens is 322 g/mol. The molecular formula is C19H23NO3S. The molecule has 128 valence electrons. The first kappa shape index (κ1) is 17.1. The topological polar surface area (TPSA) is 69.4 Å². The van der Waals surface area contributed by atoms with Gasteiger partial charge in [-0.05, 0) is 24.6 Å². The van der Waals surface area contributed by atoms with Crippen molar-refractivity contribution in [2.45, 2.75) is 23.0 Å². The second-order valence-corrected chi connectivity index (χ2v) is 8.61. The van der Waals surface area contributed by atoms with Crippen LogP contribution in [0.1, 0.15) is 17.0 Å². The van der Waals surface area contributed by atoms with Crippen molar-refractivity contribution in [3.63, 3.8) is 0 Å². The van der Waals surface area contributed by atoms with Gasteiger partial charge in [-0.1, -0.05) is 48.0 Å². The summed E-state index contributed by atoms with van der Waals surface area (Å²) in [6.07, 6.45) is 0. The van der Waals surface area contributed by atoms with E-state index in [-0.39, 0.29) is 12.5 Å². The number of hydrogen-bond donors (Lipinski definition) is 1. The van der Waals surface area contributed by atoms with Crippen molar-refractivity contribution in [3.05, 3.63) is 65.7 Å². The number of nitrogens with two attached hydrogens (primary N) is 1. The predicted molar refractivity (Wildman–Crippen MR) is 94.7 cm³/mol. The van der Waals surface area contributed by atoms with Gasteiger partial charge in [-0.15, -0.1) is 0 Å². The van der Waals surface area contributed by atoms with Crippen molar-refractivity contribution < 1.29 is 13.2 Å². The Morgan fingerprint density at radius 1 is 1.08 bits per heavy atom. The zero-order chi connectivity index (χ0) is 17.4. The maximum Gasteiger partial charge on any atom is 0.182 e. The number of methoxy groups -OCH3 is 1. The van der Waals surface area contributed by atoms with Gasteiger partial charge in [0.15, 0.2) is 9.84 Å². The third kappa shape index (κ3) is 2.66. The second-order valence-electron chi connectivity index (χ2n) is 6.54. The van der Waals surface area contributed by atoms with Crippen molar-refractivity contribution >= 4 is 9.84 Å². The molecule has 0 heterocycles. The van der Waals surface area contributed by atoms with Gasteiger partial charge in [-0.3, -0.25) is 0 Å². The summed E-state index contributed by atoms with van der Waals surface area (Å²) >= 11 is 0. The Kier molecular flexibility index (Phi) is 4.51. The number of aryl methyl sites for hydroxylation is 1. The lowest BCUT2D eigenvalue weighted by Gasteiger charge is -2.15. The van der Waals surface area contributed by atoms with E-state index >= 15 is 0 Å². The van der Waals surface area contributed by atoms with Crippen LogP contribution in [0.15, 0.2) is 59.5 Å². The highest BCUT2D eigenvalue weighted by molar-refractivity contribution is 7.92. The van der Waals surface area contributed by atoms with Gasteiger partial charge in [0.2, 0.25) is 0 Å². The SMILES string of the molecule is COC[C@@]1(CN)[C@H](S(=O)(=O)c2ccc(C)cc2)[C@@H]1c1ccccc1. The third-order valence-corrected chi connectivity index (χ3v) is 7.35. The number of ether oxygens (including phenoxy) is 1. The first-order chi connectivity index (χ1) is 11.5. The lowest BCUT2D eigenvalue weighted by molar-refractivity contribution is 0.142. The molecule has 0 amide bonds. The largest absolute Gasteiger partial charge is 0.384 e. The first-order valence-electron chi connectivity index (χ1n) is 8.02. The Morgan fingerprint density at radius 3 is 2.25 bits per heavy atom. The molecule has 3 rings (SSSR count). The molecule has 1 aliphatic rings. The fraction of sp³-hybridized carbons (Fsp3) is 0.368. The summed E-state index contributed by atoms with van der Waals surface area (Å²) in [5, 5.41) is -0.556. The summed E-state index contributed by atoms with van der Waals surface area (Å²) in [6, 6.07) is 16.7. The van der Waals surface area contributed by atoms with E-state index in [9.17, 15) is 8.42 Å². The zero-order valence-electron chi connectivity index (χ0n) is 14.0. The Balaban J connectivity index is 2.05. The molecule has 0 bridgehead atoms. The maximum absolute atomic E-state index is 13.2. The summed E-state index contributed by atoms with van der Waals surface area (Å²) < 4.78 is 31.8. The Labute approximate surface area is 143 Å². The molecule has 24 heavy (non-hydrogen) atoms. The van der Waals surface area contributed by atoms with Crippen LogP contribution in [-0.4, -0.2) is 33.9 Å². The highest BCUT2D eigenvalue weighted by Gasteiger charge is 2.70. The molecule has 0 aromatic heterocycles. The molecule has 0 unspecified atom stereocenters. The van der Waals surface area contributed by atoms with Crippen LogP contribution in [0, 0.1) is 12.3 Å². The van der Waals surface area contributed by atoms with E-state index in [0.29, 0.717) is 11.5 Å². The lowest BCUT2D eigenvalue weighted by Crippen LogP contribution is -2.28. The van der Waals surface area contributed by atoms with Crippen LogP contribution in [0.4, 0.5) is 0 Å². The van der Waals surface area contributed by atoms with E-state index in [4.69, 9.17) is 10.5 Å². The van der Waals surface area contributed by atoms with E-state index in [1.807, 2.05) is 49.4 Å². The molecule has 4 nitrogen and oxygen atoms in total. The standard InChI is InChI=1S/C19H23NO3S/c1-14-8-10-16(11-9-14)24(21,22)18-17(15-6-4-3-5-7-15)19(18,12-20)13-23-2/h3-11,17-18H,12-13,20H2,1-2H3/t17-,18+,19+/m0/s1. The number of benzene rings is 2.